The third-order valence-electron chi connectivity index (χ3n) is 5.59. The van der Waals surface area contributed by atoms with Gasteiger partial charge in [0.25, 0.3) is 5.91 Å². The molecule has 7 heteroatoms. The Kier molecular flexibility index (Phi) is 7.04. The van der Waals surface area contributed by atoms with Crippen LogP contribution in [-0.2, 0) is 20.1 Å². The van der Waals surface area contributed by atoms with Crippen LogP contribution in [0.3, 0.4) is 0 Å². The highest BCUT2D eigenvalue weighted by molar-refractivity contribution is 7.12. The number of rotatable bonds is 8. The van der Waals surface area contributed by atoms with Gasteiger partial charge in [-0.3, -0.25) is 14.4 Å². The fourth-order valence-corrected chi connectivity index (χ4v) is 4.81. The van der Waals surface area contributed by atoms with Gasteiger partial charge in [0.2, 0.25) is 0 Å². The summed E-state index contributed by atoms with van der Waals surface area (Å²) in [6.07, 6.45) is 6.09. The number of aromatic nitrogens is 2. The molecular weight excluding hydrogens is 408 g/mol. The molecule has 1 fully saturated rings. The highest BCUT2D eigenvalue weighted by atomic mass is 32.1. The number of ether oxygens (including phenoxy) is 1. The van der Waals surface area contributed by atoms with Crippen LogP contribution in [0.5, 0.6) is 5.75 Å². The van der Waals surface area contributed by atoms with Gasteiger partial charge in [0, 0.05) is 50.9 Å². The number of hydrogen-bond acceptors (Lipinski definition) is 5. The van der Waals surface area contributed by atoms with E-state index in [9.17, 15) is 4.79 Å². The van der Waals surface area contributed by atoms with Crippen LogP contribution < -0.4 is 4.74 Å². The number of amides is 1. The Morgan fingerprint density at radius 1 is 1.26 bits per heavy atom. The van der Waals surface area contributed by atoms with E-state index in [2.05, 4.69) is 35.2 Å². The van der Waals surface area contributed by atoms with Crippen molar-refractivity contribution < 1.29 is 9.53 Å². The number of thiophene rings is 1. The summed E-state index contributed by atoms with van der Waals surface area (Å²) in [6, 6.07) is 12.2. The van der Waals surface area contributed by atoms with Crippen molar-refractivity contribution >= 4 is 17.2 Å². The number of likely N-dealkylation sites (tertiary alicyclic amines) is 1. The molecule has 6 nitrogen and oxygen atoms in total. The lowest BCUT2D eigenvalue weighted by Crippen LogP contribution is -2.41. The first-order valence-electron chi connectivity index (χ1n) is 10.8. The molecule has 1 aliphatic rings. The van der Waals surface area contributed by atoms with Crippen LogP contribution in [0.4, 0.5) is 0 Å². The Morgan fingerprint density at radius 3 is 2.90 bits per heavy atom. The summed E-state index contributed by atoms with van der Waals surface area (Å²) in [4.78, 5) is 17.7. The van der Waals surface area contributed by atoms with E-state index >= 15 is 0 Å². The summed E-state index contributed by atoms with van der Waals surface area (Å²) in [5, 5.41) is 6.19. The maximum Gasteiger partial charge on any atom is 0.263 e. The molecule has 1 aromatic carbocycles. The first-order chi connectivity index (χ1) is 15.1. The molecule has 0 bridgehead atoms. The van der Waals surface area contributed by atoms with Gasteiger partial charge in [-0.15, -0.1) is 11.3 Å². The normalized spacial score (nSPS) is 16.6. The predicted molar refractivity (Wildman–Crippen MR) is 123 cm³/mol. The lowest BCUT2D eigenvalue weighted by atomic mass is 9.99. The second-order valence-electron chi connectivity index (χ2n) is 8.39. The molecule has 1 atom stereocenters. The number of carbonyl (C=O) groups excluding carboxylic acids is 1. The first-order valence-corrected chi connectivity index (χ1v) is 11.7. The summed E-state index contributed by atoms with van der Waals surface area (Å²) in [5.74, 6) is 1.42. The molecule has 1 aliphatic heterocycles. The van der Waals surface area contributed by atoms with E-state index in [0.717, 1.165) is 49.6 Å². The Hall–Kier alpha value is -2.64. The van der Waals surface area contributed by atoms with Gasteiger partial charge >= 0.3 is 0 Å². The maximum absolute atomic E-state index is 12.6. The molecular formula is C24H30N4O2S. The van der Waals surface area contributed by atoms with E-state index in [4.69, 9.17) is 4.74 Å². The largest absolute Gasteiger partial charge is 0.493 e. The van der Waals surface area contributed by atoms with Crippen LogP contribution in [-0.4, -0.2) is 52.2 Å². The molecule has 0 unspecified atom stereocenters. The summed E-state index contributed by atoms with van der Waals surface area (Å²) in [7, 11) is 4.05. The average Bonchev–Trinajstić information content (AvgIpc) is 3.44. The van der Waals surface area contributed by atoms with Gasteiger partial charge in [0.1, 0.15) is 5.75 Å². The van der Waals surface area contributed by atoms with Crippen molar-refractivity contribution in [2.75, 3.05) is 26.7 Å². The highest BCUT2D eigenvalue weighted by Crippen LogP contribution is 2.22. The van der Waals surface area contributed by atoms with Crippen molar-refractivity contribution in [1.82, 2.24) is 19.6 Å². The number of piperidine rings is 1. The minimum Gasteiger partial charge on any atom is -0.493 e. The molecule has 0 aliphatic carbocycles. The van der Waals surface area contributed by atoms with Gasteiger partial charge in [0.15, 0.2) is 0 Å². The summed E-state index contributed by atoms with van der Waals surface area (Å²) in [5.41, 5.74) is 2.43. The van der Waals surface area contributed by atoms with Crippen LogP contribution in [0.15, 0.2) is 54.2 Å². The monoisotopic (exact) mass is 438 g/mol. The van der Waals surface area contributed by atoms with E-state index in [0.29, 0.717) is 12.5 Å². The first kappa shape index (κ1) is 21.6. The van der Waals surface area contributed by atoms with Crippen LogP contribution in [0.2, 0.25) is 0 Å². The minimum absolute atomic E-state index is 0.151. The zero-order chi connectivity index (χ0) is 21.6. The standard InChI is InChI=1S/C24H30N4O2S/c1-26(15-21-13-25-27(2)16-21)14-19-6-3-8-22(12-19)30-18-20-7-4-10-28(17-20)24(29)23-9-5-11-31-23/h3,5-6,8-9,11-13,16,20H,4,7,10,14-15,17-18H2,1-2H3/t20-/m1/s1. The molecule has 0 N–H and O–H groups in total. The van der Waals surface area contributed by atoms with E-state index in [1.165, 1.54) is 22.5 Å². The molecule has 0 radical (unpaired) electrons. The van der Waals surface area contributed by atoms with Gasteiger partial charge in [0.05, 0.1) is 17.7 Å². The van der Waals surface area contributed by atoms with E-state index in [1.54, 1.807) is 0 Å². The molecule has 31 heavy (non-hydrogen) atoms. The number of carbonyl (C=O) groups is 1. The Morgan fingerprint density at radius 2 is 2.13 bits per heavy atom. The second-order valence-corrected chi connectivity index (χ2v) is 9.34. The lowest BCUT2D eigenvalue weighted by molar-refractivity contribution is 0.0638. The van der Waals surface area contributed by atoms with E-state index in [-0.39, 0.29) is 5.91 Å². The van der Waals surface area contributed by atoms with Gasteiger partial charge < -0.3 is 9.64 Å². The molecule has 1 saturated heterocycles. The number of benzene rings is 1. The van der Waals surface area contributed by atoms with Crippen molar-refractivity contribution in [3.8, 4) is 5.75 Å². The quantitative estimate of drug-likeness (QED) is 0.533. The van der Waals surface area contributed by atoms with Crippen molar-refractivity contribution in [2.24, 2.45) is 13.0 Å². The van der Waals surface area contributed by atoms with Gasteiger partial charge in [-0.05, 0) is 49.0 Å². The molecule has 3 heterocycles. The topological polar surface area (TPSA) is 50.6 Å². The number of hydrogen-bond donors (Lipinski definition) is 0. The molecule has 3 aromatic rings. The van der Waals surface area contributed by atoms with Crippen molar-refractivity contribution in [3.63, 3.8) is 0 Å². The van der Waals surface area contributed by atoms with Crippen molar-refractivity contribution in [1.29, 1.82) is 0 Å². The van der Waals surface area contributed by atoms with E-state index in [1.807, 2.05) is 52.6 Å². The third kappa shape index (κ3) is 5.95. The van der Waals surface area contributed by atoms with E-state index < -0.39 is 0 Å². The molecule has 0 spiro atoms. The summed E-state index contributed by atoms with van der Waals surface area (Å²) >= 11 is 1.51. The highest BCUT2D eigenvalue weighted by Gasteiger charge is 2.25. The summed E-state index contributed by atoms with van der Waals surface area (Å²) < 4.78 is 7.97. The number of aryl methyl sites for hydroxylation is 1. The summed E-state index contributed by atoms with van der Waals surface area (Å²) in [6.45, 7) is 3.95. The van der Waals surface area contributed by atoms with Crippen LogP contribution in [0, 0.1) is 5.92 Å². The molecule has 164 valence electrons. The van der Waals surface area contributed by atoms with Gasteiger partial charge in [-0.25, -0.2) is 0 Å². The average molecular weight is 439 g/mol. The Balaban J connectivity index is 1.28. The molecule has 0 saturated carbocycles. The van der Waals surface area contributed by atoms with Crippen LogP contribution >= 0.6 is 11.3 Å². The zero-order valence-corrected chi connectivity index (χ0v) is 19.1. The van der Waals surface area contributed by atoms with Crippen molar-refractivity contribution in [2.45, 2.75) is 25.9 Å². The SMILES string of the molecule is CN(Cc1cccc(OC[C@@H]2CCCN(C(=O)c3cccs3)C2)c1)Cc1cnn(C)c1. The fraction of sp³-hybridized carbons (Fsp3) is 0.417. The van der Waals surface area contributed by atoms with Crippen molar-refractivity contribution in [3.05, 3.63) is 70.2 Å². The fourth-order valence-electron chi connectivity index (χ4n) is 4.12. The Labute approximate surface area is 188 Å². The predicted octanol–water partition coefficient (Wildman–Crippen LogP) is 4.04. The van der Waals surface area contributed by atoms with Gasteiger partial charge in [-0.1, -0.05) is 18.2 Å². The van der Waals surface area contributed by atoms with Crippen LogP contribution in [0.1, 0.15) is 33.6 Å². The number of nitrogens with zero attached hydrogens (tertiary/aromatic N) is 4. The third-order valence-corrected chi connectivity index (χ3v) is 6.44. The maximum atomic E-state index is 12.6. The molecule has 4 rings (SSSR count). The smallest absolute Gasteiger partial charge is 0.263 e. The zero-order valence-electron chi connectivity index (χ0n) is 18.2. The minimum atomic E-state index is 0.151. The molecule has 1 amide bonds. The lowest BCUT2D eigenvalue weighted by Gasteiger charge is -2.32. The molecule has 2 aromatic heterocycles. The second kappa shape index (κ2) is 10.1. The Bertz CT molecular complexity index is 985. The van der Waals surface area contributed by atoms with Gasteiger partial charge in [-0.2, -0.15) is 5.10 Å². The van der Waals surface area contributed by atoms with Crippen LogP contribution in [0.25, 0.3) is 0 Å².